The lowest BCUT2D eigenvalue weighted by Gasteiger charge is -2.26. The molecule has 7 heteroatoms. The highest BCUT2D eigenvalue weighted by Crippen LogP contribution is 2.29. The Morgan fingerprint density at radius 2 is 1.86 bits per heavy atom. The summed E-state index contributed by atoms with van der Waals surface area (Å²) in [6.45, 7) is -0.332. The molecule has 2 N–H and O–H groups in total. The molecule has 0 radical (unpaired) electrons. The molecule has 0 bridgehead atoms. The maximum Gasteiger partial charge on any atom is 0.418 e. The molecule has 0 aliphatic carbocycles. The van der Waals surface area contributed by atoms with Gasteiger partial charge in [-0.25, -0.2) is 4.39 Å². The van der Waals surface area contributed by atoms with E-state index >= 15 is 0 Å². The van der Waals surface area contributed by atoms with Crippen LogP contribution in [0.25, 0.3) is 6.08 Å². The second-order valence-corrected chi connectivity index (χ2v) is 4.71. The first-order valence-electron chi connectivity index (χ1n) is 6.10. The predicted molar refractivity (Wildman–Crippen MR) is 69.7 cm³/mol. The van der Waals surface area contributed by atoms with E-state index in [4.69, 9.17) is 5.11 Å². The third-order valence-electron chi connectivity index (χ3n) is 2.72. The number of carbonyl (C=O) groups is 1. The summed E-state index contributed by atoms with van der Waals surface area (Å²) < 4.78 is 49.7. The summed E-state index contributed by atoms with van der Waals surface area (Å²) in [6, 6.07) is 5.50. The lowest BCUT2D eigenvalue weighted by atomic mass is 10.1. The van der Waals surface area contributed by atoms with Gasteiger partial charge in [-0.3, -0.25) is 4.79 Å². The quantitative estimate of drug-likeness (QED) is 0.822. The van der Waals surface area contributed by atoms with Crippen molar-refractivity contribution in [2.24, 2.45) is 0 Å². The maximum absolute atomic E-state index is 12.6. The minimum atomic E-state index is -4.82. The maximum atomic E-state index is 12.6. The largest absolute Gasteiger partial charge is 0.418 e. The zero-order valence-corrected chi connectivity index (χ0v) is 11.2. The molecule has 1 unspecified atom stereocenters. The number of benzene rings is 1. The van der Waals surface area contributed by atoms with Crippen molar-refractivity contribution in [3.05, 3.63) is 41.7 Å². The molecule has 1 atom stereocenters. The van der Waals surface area contributed by atoms with Crippen molar-refractivity contribution in [1.82, 2.24) is 5.32 Å². The number of halogens is 4. The van der Waals surface area contributed by atoms with Gasteiger partial charge in [-0.05, 0) is 24.6 Å². The molecule has 1 rings (SSSR count). The molecule has 1 aromatic rings. The smallest absolute Gasteiger partial charge is 0.379 e. The van der Waals surface area contributed by atoms with Crippen molar-refractivity contribution in [3.63, 3.8) is 0 Å². The Hall–Kier alpha value is -1.89. The summed E-state index contributed by atoms with van der Waals surface area (Å²) in [7, 11) is 0. The van der Waals surface area contributed by atoms with Gasteiger partial charge in [0.05, 0.1) is 6.54 Å². The Labute approximate surface area is 119 Å². The lowest BCUT2D eigenvalue weighted by molar-refractivity contribution is -0.250. The Bertz CT molecular complexity index is 507. The van der Waals surface area contributed by atoms with Crippen molar-refractivity contribution >= 4 is 12.0 Å². The summed E-state index contributed by atoms with van der Waals surface area (Å²) >= 11 is 0. The van der Waals surface area contributed by atoms with Gasteiger partial charge in [0.25, 0.3) is 0 Å². The Morgan fingerprint density at radius 1 is 1.29 bits per heavy atom. The number of carbonyl (C=O) groups excluding carboxylic acids is 1. The van der Waals surface area contributed by atoms with E-state index < -0.39 is 24.2 Å². The molecule has 0 aromatic heterocycles. The zero-order valence-electron chi connectivity index (χ0n) is 11.2. The number of alkyl halides is 3. The summed E-state index contributed by atoms with van der Waals surface area (Å²) in [5.41, 5.74) is -2.31. The number of aliphatic hydroxyl groups is 1. The summed E-state index contributed by atoms with van der Waals surface area (Å²) in [5, 5.41) is 11.1. The van der Waals surface area contributed by atoms with Crippen LogP contribution in [0.3, 0.4) is 0 Å². The summed E-state index contributed by atoms with van der Waals surface area (Å²) in [5.74, 6) is -1.04. The number of nitrogens with one attached hydrogen (secondary N) is 1. The molecule has 1 aromatic carbocycles. The van der Waals surface area contributed by atoms with Gasteiger partial charge in [-0.15, -0.1) is 0 Å². The Morgan fingerprint density at radius 3 is 2.38 bits per heavy atom. The van der Waals surface area contributed by atoms with Crippen LogP contribution in [0.5, 0.6) is 0 Å². The van der Waals surface area contributed by atoms with Gasteiger partial charge in [0.15, 0.2) is 5.60 Å². The van der Waals surface area contributed by atoms with Gasteiger partial charge in [0.2, 0.25) is 5.91 Å². The second kappa shape index (κ2) is 6.71. The van der Waals surface area contributed by atoms with Crippen LogP contribution in [-0.4, -0.2) is 29.3 Å². The highest BCUT2D eigenvalue weighted by Gasteiger charge is 2.49. The predicted octanol–water partition coefficient (Wildman–Crippen LogP) is 2.66. The Balaban J connectivity index is 2.43. The molecule has 116 valence electrons. The van der Waals surface area contributed by atoms with E-state index in [0.717, 1.165) is 0 Å². The first kappa shape index (κ1) is 17.2. The Kier molecular flexibility index (Phi) is 5.48. The van der Waals surface area contributed by atoms with E-state index in [-0.39, 0.29) is 12.2 Å². The SMILES string of the molecule is CC(O)(CNC(=O)CC=Cc1ccc(F)cc1)C(F)(F)F. The van der Waals surface area contributed by atoms with Crippen LogP contribution < -0.4 is 5.32 Å². The highest BCUT2D eigenvalue weighted by atomic mass is 19.4. The van der Waals surface area contributed by atoms with E-state index in [2.05, 4.69) is 0 Å². The van der Waals surface area contributed by atoms with Crippen LogP contribution in [0.15, 0.2) is 30.3 Å². The minimum Gasteiger partial charge on any atom is -0.379 e. The molecule has 0 saturated heterocycles. The average Bonchev–Trinajstić information content (AvgIpc) is 2.37. The van der Waals surface area contributed by atoms with Gasteiger partial charge < -0.3 is 10.4 Å². The van der Waals surface area contributed by atoms with Crippen LogP contribution in [0.4, 0.5) is 17.6 Å². The van der Waals surface area contributed by atoms with E-state index in [1.54, 1.807) is 6.08 Å². The molecule has 0 heterocycles. The minimum absolute atomic E-state index is 0.148. The van der Waals surface area contributed by atoms with Crippen molar-refractivity contribution in [1.29, 1.82) is 0 Å². The van der Waals surface area contributed by atoms with Crippen LogP contribution in [0.2, 0.25) is 0 Å². The molecule has 0 saturated carbocycles. The summed E-state index contributed by atoms with van der Waals surface area (Å²) in [4.78, 5) is 11.4. The molecule has 0 fully saturated rings. The molecule has 21 heavy (non-hydrogen) atoms. The topological polar surface area (TPSA) is 49.3 Å². The molecular weight excluding hydrogens is 290 g/mol. The van der Waals surface area contributed by atoms with E-state index in [1.165, 1.54) is 30.3 Å². The molecule has 3 nitrogen and oxygen atoms in total. The van der Waals surface area contributed by atoms with Gasteiger partial charge in [0, 0.05) is 6.42 Å². The number of hydrogen-bond acceptors (Lipinski definition) is 2. The fourth-order valence-electron chi connectivity index (χ4n) is 1.32. The number of rotatable bonds is 5. The third-order valence-corrected chi connectivity index (χ3v) is 2.72. The van der Waals surface area contributed by atoms with Gasteiger partial charge in [-0.2, -0.15) is 13.2 Å². The first-order chi connectivity index (χ1) is 9.62. The van der Waals surface area contributed by atoms with E-state index in [1.807, 2.05) is 5.32 Å². The van der Waals surface area contributed by atoms with Crippen molar-refractivity contribution < 1.29 is 27.5 Å². The first-order valence-corrected chi connectivity index (χ1v) is 6.10. The van der Waals surface area contributed by atoms with E-state index in [9.17, 15) is 22.4 Å². The number of hydrogen-bond donors (Lipinski definition) is 2. The van der Waals surface area contributed by atoms with Gasteiger partial charge in [-0.1, -0.05) is 24.3 Å². The average molecular weight is 305 g/mol. The van der Waals surface area contributed by atoms with Crippen molar-refractivity contribution in [2.75, 3.05) is 6.54 Å². The fourth-order valence-corrected chi connectivity index (χ4v) is 1.32. The third kappa shape index (κ3) is 5.55. The molecule has 0 aliphatic rings. The normalized spacial score (nSPS) is 15.0. The van der Waals surface area contributed by atoms with Crippen molar-refractivity contribution in [3.8, 4) is 0 Å². The van der Waals surface area contributed by atoms with Crippen molar-refractivity contribution in [2.45, 2.75) is 25.1 Å². The van der Waals surface area contributed by atoms with Crippen LogP contribution >= 0.6 is 0 Å². The number of amides is 1. The highest BCUT2D eigenvalue weighted by molar-refractivity contribution is 5.78. The zero-order chi connectivity index (χ0) is 16.1. The standard InChI is InChI=1S/C14H15F4NO2/c1-13(21,14(16,17)18)9-19-12(20)4-2-3-10-5-7-11(15)8-6-10/h2-3,5-8,21H,4,9H2,1H3,(H,19,20). The molecule has 1 amide bonds. The molecule has 0 spiro atoms. The van der Waals surface area contributed by atoms with E-state index in [0.29, 0.717) is 12.5 Å². The second-order valence-electron chi connectivity index (χ2n) is 4.71. The monoisotopic (exact) mass is 305 g/mol. The van der Waals surface area contributed by atoms with Crippen LogP contribution in [-0.2, 0) is 4.79 Å². The fraction of sp³-hybridized carbons (Fsp3) is 0.357. The van der Waals surface area contributed by atoms with Crippen LogP contribution in [0, 0.1) is 5.82 Å². The molecule has 0 aliphatic heterocycles. The molecular formula is C14H15F4NO2. The van der Waals surface area contributed by atoms with Gasteiger partial charge in [0.1, 0.15) is 5.82 Å². The van der Waals surface area contributed by atoms with Gasteiger partial charge >= 0.3 is 6.18 Å². The van der Waals surface area contributed by atoms with Crippen LogP contribution in [0.1, 0.15) is 18.9 Å². The lowest BCUT2D eigenvalue weighted by Crippen LogP contribution is -2.51. The summed E-state index contributed by atoms with van der Waals surface area (Å²) in [6.07, 6.45) is -1.98.